The smallest absolute Gasteiger partial charge is 0.330 e. The van der Waals surface area contributed by atoms with Crippen molar-refractivity contribution in [3.8, 4) is 5.75 Å². The van der Waals surface area contributed by atoms with Gasteiger partial charge in [-0.25, -0.2) is 4.79 Å². The Balaban J connectivity index is 2.46. The standard InChI is InChI=1S/C23H34Br2O3/c1-4-6-7-8-11-19(24)17-20(25)16-18(3)21-12-9-10-13-22(21)27-14-15-28-23(26)5-2/h5,9-10,12-13,18-20H,2,4,6-8,11,14-17H2,1,3H3. The van der Waals surface area contributed by atoms with E-state index in [1.807, 2.05) is 18.2 Å². The maximum Gasteiger partial charge on any atom is 0.330 e. The first kappa shape index (κ1) is 25.2. The number of unbranched alkanes of at least 4 members (excludes halogenated alkanes) is 3. The van der Waals surface area contributed by atoms with E-state index < -0.39 is 5.97 Å². The molecule has 0 spiro atoms. The Labute approximate surface area is 187 Å². The van der Waals surface area contributed by atoms with Gasteiger partial charge in [-0.1, -0.05) is 96.2 Å². The number of carbonyl (C=O) groups is 1. The van der Waals surface area contributed by atoms with E-state index in [2.05, 4.69) is 58.4 Å². The van der Waals surface area contributed by atoms with Gasteiger partial charge < -0.3 is 9.47 Å². The molecule has 3 atom stereocenters. The molecule has 1 aromatic carbocycles. The number of rotatable bonds is 15. The summed E-state index contributed by atoms with van der Waals surface area (Å²) < 4.78 is 10.8. The SMILES string of the molecule is C=CC(=O)OCCOc1ccccc1C(C)CC(Br)CC(Br)CCCCCC. The molecule has 0 bridgehead atoms. The summed E-state index contributed by atoms with van der Waals surface area (Å²) >= 11 is 7.72. The van der Waals surface area contributed by atoms with Crippen LogP contribution in [0.5, 0.6) is 5.75 Å². The van der Waals surface area contributed by atoms with Gasteiger partial charge in [0.25, 0.3) is 0 Å². The van der Waals surface area contributed by atoms with E-state index in [0.29, 0.717) is 22.2 Å². The predicted octanol–water partition coefficient (Wildman–Crippen LogP) is 7.18. The Kier molecular flexibility index (Phi) is 13.6. The van der Waals surface area contributed by atoms with Crippen LogP contribution in [0.3, 0.4) is 0 Å². The van der Waals surface area contributed by atoms with Crippen LogP contribution in [0.25, 0.3) is 0 Å². The van der Waals surface area contributed by atoms with E-state index in [1.54, 1.807) is 0 Å². The van der Waals surface area contributed by atoms with Crippen LogP contribution in [0.4, 0.5) is 0 Å². The van der Waals surface area contributed by atoms with Crippen molar-refractivity contribution in [2.75, 3.05) is 13.2 Å². The van der Waals surface area contributed by atoms with Gasteiger partial charge in [-0.15, -0.1) is 0 Å². The van der Waals surface area contributed by atoms with Gasteiger partial charge in [0, 0.05) is 15.7 Å². The van der Waals surface area contributed by atoms with E-state index in [1.165, 1.54) is 37.7 Å². The summed E-state index contributed by atoms with van der Waals surface area (Å²) in [7, 11) is 0. The minimum absolute atomic E-state index is 0.220. The van der Waals surface area contributed by atoms with Gasteiger partial charge in [-0.3, -0.25) is 0 Å². The highest BCUT2D eigenvalue weighted by atomic mass is 79.9. The maximum atomic E-state index is 11.1. The highest BCUT2D eigenvalue weighted by molar-refractivity contribution is 9.10. The van der Waals surface area contributed by atoms with Crippen molar-refractivity contribution in [2.45, 2.75) is 74.4 Å². The third kappa shape index (κ3) is 10.7. The van der Waals surface area contributed by atoms with E-state index in [4.69, 9.17) is 9.47 Å². The fourth-order valence-corrected chi connectivity index (χ4v) is 5.46. The largest absolute Gasteiger partial charge is 0.490 e. The third-order valence-electron chi connectivity index (χ3n) is 4.69. The zero-order valence-corrected chi connectivity index (χ0v) is 20.3. The molecule has 0 radical (unpaired) electrons. The summed E-state index contributed by atoms with van der Waals surface area (Å²) in [5.41, 5.74) is 1.19. The molecule has 3 nitrogen and oxygen atoms in total. The monoisotopic (exact) mass is 516 g/mol. The summed E-state index contributed by atoms with van der Waals surface area (Å²) in [5, 5.41) is 0. The van der Waals surface area contributed by atoms with Crippen LogP contribution in [0.1, 0.15) is 70.3 Å². The van der Waals surface area contributed by atoms with Crippen LogP contribution in [-0.2, 0) is 9.53 Å². The van der Waals surface area contributed by atoms with Crippen LogP contribution < -0.4 is 4.74 Å². The van der Waals surface area contributed by atoms with Crippen molar-refractivity contribution < 1.29 is 14.3 Å². The van der Waals surface area contributed by atoms with Crippen molar-refractivity contribution in [1.82, 2.24) is 0 Å². The fraction of sp³-hybridized carbons (Fsp3) is 0.609. The second-order valence-electron chi connectivity index (χ2n) is 7.17. The number of ether oxygens (including phenoxy) is 2. The van der Waals surface area contributed by atoms with Gasteiger partial charge in [0.1, 0.15) is 19.0 Å². The summed E-state index contributed by atoms with van der Waals surface area (Å²) in [5.74, 6) is 0.807. The van der Waals surface area contributed by atoms with E-state index in [9.17, 15) is 4.79 Å². The van der Waals surface area contributed by atoms with Crippen LogP contribution in [0, 0.1) is 0 Å². The van der Waals surface area contributed by atoms with Crippen molar-refractivity contribution in [1.29, 1.82) is 0 Å². The molecular weight excluding hydrogens is 484 g/mol. The Morgan fingerprint density at radius 2 is 1.86 bits per heavy atom. The first-order valence-electron chi connectivity index (χ1n) is 10.3. The molecule has 1 aromatic rings. The van der Waals surface area contributed by atoms with Gasteiger partial charge in [0.2, 0.25) is 0 Å². The minimum Gasteiger partial charge on any atom is -0.490 e. The first-order chi connectivity index (χ1) is 13.5. The van der Waals surface area contributed by atoms with Gasteiger partial charge in [0.15, 0.2) is 0 Å². The highest BCUT2D eigenvalue weighted by Crippen LogP contribution is 2.33. The topological polar surface area (TPSA) is 35.5 Å². The second-order valence-corrected chi connectivity index (χ2v) is 9.76. The number of hydrogen-bond acceptors (Lipinski definition) is 3. The fourth-order valence-electron chi connectivity index (χ4n) is 3.17. The zero-order chi connectivity index (χ0) is 20.8. The molecule has 3 unspecified atom stereocenters. The van der Waals surface area contributed by atoms with Crippen LogP contribution in [0.15, 0.2) is 36.9 Å². The normalized spacial score (nSPS) is 14.1. The lowest BCUT2D eigenvalue weighted by Crippen LogP contribution is -2.13. The van der Waals surface area contributed by atoms with Crippen molar-refractivity contribution >= 4 is 37.8 Å². The number of benzene rings is 1. The Morgan fingerprint density at radius 1 is 1.11 bits per heavy atom. The van der Waals surface area contributed by atoms with Crippen molar-refractivity contribution in [3.63, 3.8) is 0 Å². The molecule has 0 aliphatic rings. The molecule has 28 heavy (non-hydrogen) atoms. The Morgan fingerprint density at radius 3 is 2.57 bits per heavy atom. The molecule has 0 heterocycles. The zero-order valence-electron chi connectivity index (χ0n) is 17.2. The van der Waals surface area contributed by atoms with Crippen LogP contribution in [-0.4, -0.2) is 28.8 Å². The number of esters is 1. The number of carbonyl (C=O) groups excluding carboxylic acids is 1. The van der Waals surface area contributed by atoms with Crippen LogP contribution in [0.2, 0.25) is 0 Å². The van der Waals surface area contributed by atoms with E-state index in [0.717, 1.165) is 24.7 Å². The van der Waals surface area contributed by atoms with E-state index in [-0.39, 0.29) is 6.61 Å². The summed E-state index contributed by atoms with van der Waals surface area (Å²) in [6, 6.07) is 8.11. The molecule has 0 aliphatic carbocycles. The molecule has 1 rings (SSSR count). The van der Waals surface area contributed by atoms with E-state index >= 15 is 0 Å². The quantitative estimate of drug-likeness (QED) is 0.107. The molecule has 158 valence electrons. The molecule has 0 fully saturated rings. The van der Waals surface area contributed by atoms with Gasteiger partial charge in [0.05, 0.1) is 0 Å². The molecule has 0 aromatic heterocycles. The van der Waals surface area contributed by atoms with Crippen LogP contribution >= 0.6 is 31.9 Å². The van der Waals surface area contributed by atoms with Gasteiger partial charge in [-0.2, -0.15) is 0 Å². The molecule has 0 saturated heterocycles. The lowest BCUT2D eigenvalue weighted by Gasteiger charge is -2.21. The predicted molar refractivity (Wildman–Crippen MR) is 125 cm³/mol. The summed E-state index contributed by atoms with van der Waals surface area (Å²) in [4.78, 5) is 12.1. The number of alkyl halides is 2. The van der Waals surface area contributed by atoms with Crippen molar-refractivity contribution in [3.05, 3.63) is 42.5 Å². The number of hydrogen-bond donors (Lipinski definition) is 0. The second kappa shape index (κ2) is 15.1. The molecule has 0 N–H and O–H groups in total. The summed E-state index contributed by atoms with van der Waals surface area (Å²) in [6.45, 7) is 8.42. The lowest BCUT2D eigenvalue weighted by molar-refractivity contribution is -0.138. The Hall–Kier alpha value is -0.810. The minimum atomic E-state index is -0.425. The number of halogens is 2. The first-order valence-corrected chi connectivity index (χ1v) is 12.1. The van der Waals surface area contributed by atoms with Gasteiger partial charge >= 0.3 is 5.97 Å². The average molecular weight is 518 g/mol. The van der Waals surface area contributed by atoms with Gasteiger partial charge in [-0.05, 0) is 36.8 Å². The molecular formula is C23H34Br2O3. The third-order valence-corrected chi connectivity index (χ3v) is 6.27. The molecule has 0 aliphatic heterocycles. The average Bonchev–Trinajstić information content (AvgIpc) is 2.68. The molecule has 0 saturated carbocycles. The number of para-hydroxylation sites is 1. The lowest BCUT2D eigenvalue weighted by atomic mass is 9.93. The Bertz CT molecular complexity index is 577. The molecule has 5 heteroatoms. The highest BCUT2D eigenvalue weighted by Gasteiger charge is 2.18. The molecule has 0 amide bonds. The summed E-state index contributed by atoms with van der Waals surface area (Å²) in [6.07, 6.45) is 9.80. The van der Waals surface area contributed by atoms with Crippen molar-refractivity contribution in [2.24, 2.45) is 0 Å². The maximum absolute atomic E-state index is 11.1.